The third kappa shape index (κ3) is 2.61. The molecule has 0 fully saturated rings. The lowest BCUT2D eigenvalue weighted by Gasteiger charge is -2.13. The van der Waals surface area contributed by atoms with Gasteiger partial charge in [-0.3, -0.25) is 13.9 Å². The van der Waals surface area contributed by atoms with Gasteiger partial charge in [-0.05, 0) is 17.7 Å². The monoisotopic (exact) mass is 306 g/mol. The zero-order valence-corrected chi connectivity index (χ0v) is 11.9. The Morgan fingerprint density at radius 3 is 2.45 bits per heavy atom. The summed E-state index contributed by atoms with van der Waals surface area (Å²) in [6.45, 7) is 0.0202. The fourth-order valence-electron chi connectivity index (χ4n) is 1.99. The van der Waals surface area contributed by atoms with Gasteiger partial charge in [0.2, 0.25) is 0 Å². The van der Waals surface area contributed by atoms with Gasteiger partial charge < -0.3 is 5.32 Å². The average molecular weight is 306 g/mol. The third-order valence-electron chi connectivity index (χ3n) is 3.22. The van der Waals surface area contributed by atoms with Crippen molar-refractivity contribution in [2.75, 3.05) is 5.32 Å². The van der Waals surface area contributed by atoms with Crippen LogP contribution >= 0.6 is 0 Å². The Labute approximate surface area is 123 Å². The van der Waals surface area contributed by atoms with Crippen LogP contribution < -0.4 is 16.6 Å². The van der Waals surface area contributed by atoms with Crippen LogP contribution in [0.15, 0.2) is 27.8 Å². The highest BCUT2D eigenvalue weighted by Gasteiger charge is 2.15. The highest BCUT2D eigenvalue weighted by atomic mass is 19.2. The van der Waals surface area contributed by atoms with Crippen molar-refractivity contribution in [1.29, 1.82) is 5.26 Å². The van der Waals surface area contributed by atoms with Crippen molar-refractivity contribution in [3.63, 3.8) is 0 Å². The van der Waals surface area contributed by atoms with Gasteiger partial charge in [-0.1, -0.05) is 6.07 Å². The van der Waals surface area contributed by atoms with E-state index in [1.165, 1.54) is 20.2 Å². The van der Waals surface area contributed by atoms with E-state index in [4.69, 9.17) is 5.26 Å². The number of nitriles is 1. The molecular formula is C14H12F2N4O2. The van der Waals surface area contributed by atoms with Gasteiger partial charge in [-0.25, -0.2) is 13.6 Å². The lowest BCUT2D eigenvalue weighted by Crippen LogP contribution is -2.39. The van der Waals surface area contributed by atoms with Gasteiger partial charge in [0.25, 0.3) is 5.56 Å². The van der Waals surface area contributed by atoms with Crippen molar-refractivity contribution in [2.45, 2.75) is 6.54 Å². The summed E-state index contributed by atoms with van der Waals surface area (Å²) in [5.74, 6) is -1.94. The summed E-state index contributed by atoms with van der Waals surface area (Å²) in [4.78, 5) is 23.7. The van der Waals surface area contributed by atoms with Gasteiger partial charge in [0, 0.05) is 20.6 Å². The topological polar surface area (TPSA) is 79.8 Å². The first-order valence-electron chi connectivity index (χ1n) is 6.24. The van der Waals surface area contributed by atoms with Gasteiger partial charge in [0.15, 0.2) is 17.2 Å². The molecule has 0 aliphatic heterocycles. The molecule has 114 valence electrons. The first-order chi connectivity index (χ1) is 10.4. The van der Waals surface area contributed by atoms with Crippen LogP contribution in [0.5, 0.6) is 0 Å². The highest BCUT2D eigenvalue weighted by Crippen LogP contribution is 2.12. The normalized spacial score (nSPS) is 10.3. The first kappa shape index (κ1) is 15.4. The van der Waals surface area contributed by atoms with Crippen molar-refractivity contribution in [1.82, 2.24) is 9.13 Å². The largest absolute Gasteiger partial charge is 0.366 e. The molecule has 0 atom stereocenters. The summed E-state index contributed by atoms with van der Waals surface area (Å²) >= 11 is 0. The number of aromatic nitrogens is 2. The van der Waals surface area contributed by atoms with E-state index in [0.717, 1.165) is 21.3 Å². The van der Waals surface area contributed by atoms with E-state index in [1.54, 1.807) is 6.07 Å². The molecule has 0 spiro atoms. The second-order valence-corrected chi connectivity index (χ2v) is 4.64. The SMILES string of the molecule is Cn1c(NCc2ccc(F)c(F)c2)c(C#N)c(=O)n(C)c1=O. The molecule has 0 aliphatic carbocycles. The molecule has 0 aliphatic rings. The van der Waals surface area contributed by atoms with Crippen molar-refractivity contribution in [3.05, 3.63) is 61.8 Å². The Morgan fingerprint density at radius 1 is 1.18 bits per heavy atom. The molecule has 8 heteroatoms. The minimum absolute atomic E-state index is 0.0202. The van der Waals surface area contributed by atoms with E-state index in [0.29, 0.717) is 5.56 Å². The van der Waals surface area contributed by atoms with E-state index >= 15 is 0 Å². The molecule has 0 amide bonds. The number of rotatable bonds is 3. The number of hydrogen-bond acceptors (Lipinski definition) is 4. The molecular weight excluding hydrogens is 294 g/mol. The maximum Gasteiger partial charge on any atom is 0.332 e. The summed E-state index contributed by atoms with van der Waals surface area (Å²) in [5, 5.41) is 11.8. The number of hydrogen-bond donors (Lipinski definition) is 1. The number of anilines is 1. The van der Waals surface area contributed by atoms with E-state index in [-0.39, 0.29) is 17.9 Å². The predicted octanol–water partition coefficient (Wildman–Crippen LogP) is 0.846. The molecule has 0 saturated carbocycles. The Bertz CT molecular complexity index is 893. The van der Waals surface area contributed by atoms with Crippen LogP contribution in [0.1, 0.15) is 11.1 Å². The molecule has 0 unspecified atom stereocenters. The van der Waals surface area contributed by atoms with Gasteiger partial charge in [-0.2, -0.15) is 5.26 Å². The van der Waals surface area contributed by atoms with Gasteiger partial charge in [-0.15, -0.1) is 0 Å². The number of halogens is 2. The molecule has 1 aromatic heterocycles. The van der Waals surface area contributed by atoms with Crippen LogP contribution in [-0.4, -0.2) is 9.13 Å². The Kier molecular flexibility index (Phi) is 4.08. The van der Waals surface area contributed by atoms with Crippen LogP contribution in [-0.2, 0) is 20.6 Å². The van der Waals surface area contributed by atoms with Crippen LogP contribution in [0.4, 0.5) is 14.6 Å². The van der Waals surface area contributed by atoms with Crippen LogP contribution in [0.3, 0.4) is 0 Å². The zero-order valence-electron chi connectivity index (χ0n) is 11.9. The lowest BCUT2D eigenvalue weighted by atomic mass is 10.2. The summed E-state index contributed by atoms with van der Waals surface area (Å²) in [6.07, 6.45) is 0. The second kappa shape index (κ2) is 5.81. The number of benzene rings is 1. The maximum atomic E-state index is 13.1. The Morgan fingerprint density at radius 2 is 1.86 bits per heavy atom. The third-order valence-corrected chi connectivity index (χ3v) is 3.22. The molecule has 1 heterocycles. The van der Waals surface area contributed by atoms with Gasteiger partial charge >= 0.3 is 5.69 Å². The number of nitrogens with zero attached hydrogens (tertiary/aromatic N) is 3. The van der Waals surface area contributed by atoms with Gasteiger partial charge in [0.05, 0.1) is 0 Å². The average Bonchev–Trinajstić information content (AvgIpc) is 2.50. The fraction of sp³-hybridized carbons (Fsp3) is 0.214. The molecule has 6 nitrogen and oxygen atoms in total. The fourth-order valence-corrected chi connectivity index (χ4v) is 1.99. The summed E-state index contributed by atoms with van der Waals surface area (Å²) in [5.41, 5.74) is -1.15. The summed E-state index contributed by atoms with van der Waals surface area (Å²) in [7, 11) is 2.67. The van der Waals surface area contributed by atoms with E-state index in [1.807, 2.05) is 0 Å². The number of nitrogens with one attached hydrogen (secondary N) is 1. The molecule has 0 radical (unpaired) electrons. The predicted molar refractivity (Wildman–Crippen MR) is 75.3 cm³/mol. The molecule has 1 N–H and O–H groups in total. The summed E-state index contributed by atoms with van der Waals surface area (Å²) < 4.78 is 27.9. The van der Waals surface area contributed by atoms with Crippen LogP contribution in [0.2, 0.25) is 0 Å². The first-order valence-corrected chi connectivity index (χ1v) is 6.24. The van der Waals surface area contributed by atoms with Gasteiger partial charge in [0.1, 0.15) is 11.9 Å². The molecule has 2 aromatic rings. The standard InChI is InChI=1S/C14H12F2N4O2/c1-19-12(9(6-17)13(21)20(2)14(19)22)18-7-8-3-4-10(15)11(16)5-8/h3-5,18H,7H2,1-2H3. The quantitative estimate of drug-likeness (QED) is 0.911. The smallest absolute Gasteiger partial charge is 0.332 e. The maximum absolute atomic E-state index is 13.1. The lowest BCUT2D eigenvalue weighted by molar-refractivity contribution is 0.507. The molecule has 2 rings (SSSR count). The van der Waals surface area contributed by atoms with Crippen molar-refractivity contribution >= 4 is 5.82 Å². The summed E-state index contributed by atoms with van der Waals surface area (Å²) in [6, 6.07) is 5.06. The van der Waals surface area contributed by atoms with E-state index < -0.39 is 22.9 Å². The van der Waals surface area contributed by atoms with Crippen molar-refractivity contribution in [2.24, 2.45) is 14.1 Å². The molecule has 1 aromatic carbocycles. The van der Waals surface area contributed by atoms with Crippen LogP contribution in [0, 0.1) is 23.0 Å². The van der Waals surface area contributed by atoms with Crippen LogP contribution in [0.25, 0.3) is 0 Å². The highest BCUT2D eigenvalue weighted by molar-refractivity contribution is 5.51. The minimum Gasteiger partial charge on any atom is -0.366 e. The minimum atomic E-state index is -1.00. The zero-order chi connectivity index (χ0) is 16.4. The molecule has 0 bridgehead atoms. The van der Waals surface area contributed by atoms with E-state index in [2.05, 4.69) is 5.32 Å². The molecule has 22 heavy (non-hydrogen) atoms. The Balaban J connectivity index is 2.42. The van der Waals surface area contributed by atoms with E-state index in [9.17, 15) is 18.4 Å². The Hall–Kier alpha value is -2.95. The second-order valence-electron chi connectivity index (χ2n) is 4.64. The van der Waals surface area contributed by atoms with Crippen molar-refractivity contribution in [3.8, 4) is 6.07 Å². The van der Waals surface area contributed by atoms with Crippen molar-refractivity contribution < 1.29 is 8.78 Å². The molecule has 0 saturated heterocycles.